The van der Waals surface area contributed by atoms with E-state index in [0.717, 1.165) is 13.9 Å². The number of hydrogen-bond donors (Lipinski definition) is 0. The van der Waals surface area contributed by atoms with Crippen molar-refractivity contribution >= 4 is 5.91 Å². The lowest BCUT2D eigenvalue weighted by molar-refractivity contribution is 0.0908. The Morgan fingerprint density at radius 3 is 2.37 bits per heavy atom. The van der Waals surface area contributed by atoms with Gasteiger partial charge in [0.05, 0.1) is 12.2 Å². The first kappa shape index (κ1) is 11.5. The van der Waals surface area contributed by atoms with Crippen LogP contribution in [-0.4, -0.2) is 19.8 Å². The lowest BCUT2D eigenvalue weighted by Crippen LogP contribution is -2.35. The van der Waals surface area contributed by atoms with E-state index >= 15 is 0 Å². The molecule has 2 heterocycles. The molecule has 0 aliphatic carbocycles. The van der Waals surface area contributed by atoms with Crippen LogP contribution in [0.15, 0.2) is 51.6 Å². The van der Waals surface area contributed by atoms with Crippen molar-refractivity contribution in [1.29, 1.82) is 0 Å². The average Bonchev–Trinajstić information content (AvgIpc) is 2.67. The van der Waals surface area contributed by atoms with E-state index < -0.39 is 17.3 Å². The highest BCUT2D eigenvalue weighted by Crippen LogP contribution is 2.06. The van der Waals surface area contributed by atoms with Crippen LogP contribution >= 0.6 is 0 Å². The van der Waals surface area contributed by atoms with Gasteiger partial charge in [-0.2, -0.15) is 4.68 Å². The van der Waals surface area contributed by atoms with E-state index in [2.05, 4.69) is 0 Å². The molecule has 0 saturated carbocycles. The van der Waals surface area contributed by atoms with Crippen molar-refractivity contribution in [3.8, 4) is 5.69 Å². The number of carbonyl (C=O) groups is 1. The van der Waals surface area contributed by atoms with Crippen molar-refractivity contribution < 1.29 is 4.79 Å². The smallest absolute Gasteiger partial charge is 0.267 e. The minimum atomic E-state index is -0.631. The zero-order chi connectivity index (χ0) is 13.6. The number of hydrogen-bond acceptors (Lipinski definition) is 3. The van der Waals surface area contributed by atoms with Crippen molar-refractivity contribution in [2.24, 2.45) is 0 Å². The zero-order valence-corrected chi connectivity index (χ0v) is 10.2. The predicted molar refractivity (Wildman–Crippen MR) is 68.7 cm³/mol. The van der Waals surface area contributed by atoms with Gasteiger partial charge in [-0.3, -0.25) is 4.79 Å². The molecule has 96 valence electrons. The van der Waals surface area contributed by atoms with E-state index in [1.54, 1.807) is 43.3 Å². The fourth-order valence-electron chi connectivity index (χ4n) is 2.11. The summed E-state index contributed by atoms with van der Waals surface area (Å²) >= 11 is 0. The summed E-state index contributed by atoms with van der Waals surface area (Å²) in [5.74, 6) is -0.456. The monoisotopic (exact) mass is 257 g/mol. The van der Waals surface area contributed by atoms with Crippen molar-refractivity contribution in [3.05, 3.63) is 62.9 Å². The average molecular weight is 257 g/mol. The standard InChI is InChI=1S/C13H11N3O3/c1-9-7-8-14-12(18)15(10-5-3-2-4-6-10)13(19)16(14)11(9)17/h2-7H,8H2,1H3. The second kappa shape index (κ2) is 3.94. The van der Waals surface area contributed by atoms with Gasteiger partial charge in [-0.25, -0.2) is 18.8 Å². The van der Waals surface area contributed by atoms with Crippen molar-refractivity contribution in [1.82, 2.24) is 13.9 Å². The number of nitrogens with zero attached hydrogens (tertiary/aromatic N) is 3. The first-order valence-corrected chi connectivity index (χ1v) is 5.83. The molecule has 0 fully saturated rings. The Morgan fingerprint density at radius 1 is 1.00 bits per heavy atom. The highest BCUT2D eigenvalue weighted by atomic mass is 16.2. The lowest BCUT2D eigenvalue weighted by Gasteiger charge is -2.11. The summed E-state index contributed by atoms with van der Waals surface area (Å²) in [5.41, 5.74) is -0.216. The molecule has 6 heteroatoms. The Labute approximate surface area is 107 Å². The van der Waals surface area contributed by atoms with Gasteiger partial charge in [0, 0.05) is 5.57 Å². The van der Waals surface area contributed by atoms with E-state index in [9.17, 15) is 14.4 Å². The van der Waals surface area contributed by atoms with Gasteiger partial charge >= 0.3 is 11.4 Å². The number of aromatic nitrogens is 3. The third kappa shape index (κ3) is 1.53. The Morgan fingerprint density at radius 2 is 1.68 bits per heavy atom. The fourth-order valence-corrected chi connectivity index (χ4v) is 2.11. The number of carbonyl (C=O) groups excluding carboxylic acids is 1. The second-order valence-corrected chi connectivity index (χ2v) is 4.32. The quantitative estimate of drug-likeness (QED) is 0.742. The maximum absolute atomic E-state index is 12.2. The van der Waals surface area contributed by atoms with Crippen LogP contribution in [0.3, 0.4) is 0 Å². The third-order valence-corrected chi connectivity index (χ3v) is 3.14. The fraction of sp³-hybridized carbons (Fsp3) is 0.154. The van der Waals surface area contributed by atoms with E-state index in [0.29, 0.717) is 11.3 Å². The molecule has 1 aromatic carbocycles. The maximum Gasteiger partial charge on any atom is 0.359 e. The largest absolute Gasteiger partial charge is 0.359 e. The van der Waals surface area contributed by atoms with Gasteiger partial charge in [0.1, 0.15) is 0 Å². The molecular formula is C13H11N3O3. The van der Waals surface area contributed by atoms with Crippen LogP contribution < -0.4 is 11.4 Å². The molecular weight excluding hydrogens is 246 g/mol. The number of rotatable bonds is 1. The highest BCUT2D eigenvalue weighted by molar-refractivity contribution is 5.94. The Bertz CT molecular complexity index is 806. The van der Waals surface area contributed by atoms with Crippen LogP contribution in [0.4, 0.5) is 0 Å². The summed E-state index contributed by atoms with van der Waals surface area (Å²) in [7, 11) is 0. The van der Waals surface area contributed by atoms with Crippen LogP contribution in [0.2, 0.25) is 0 Å². The van der Waals surface area contributed by atoms with Crippen molar-refractivity contribution in [2.75, 3.05) is 0 Å². The molecule has 0 radical (unpaired) electrons. The molecule has 1 aliphatic rings. The van der Waals surface area contributed by atoms with Crippen molar-refractivity contribution in [3.63, 3.8) is 0 Å². The zero-order valence-electron chi connectivity index (χ0n) is 10.2. The summed E-state index contributed by atoms with van der Waals surface area (Å²) in [6.07, 6.45) is 1.64. The van der Waals surface area contributed by atoms with Crippen LogP contribution in [0.25, 0.3) is 5.69 Å². The Hall–Kier alpha value is -2.63. The molecule has 0 saturated heterocycles. The number of para-hydroxylation sites is 1. The van der Waals surface area contributed by atoms with E-state index in [1.165, 1.54) is 0 Å². The summed E-state index contributed by atoms with van der Waals surface area (Å²) in [6.45, 7) is 1.86. The third-order valence-electron chi connectivity index (χ3n) is 3.14. The number of fused-ring (bicyclic) bond motifs is 1. The highest BCUT2D eigenvalue weighted by Gasteiger charge is 2.25. The molecule has 1 aliphatic heterocycles. The lowest BCUT2D eigenvalue weighted by atomic mass is 10.2. The molecule has 2 aromatic rings. The molecule has 0 bridgehead atoms. The molecule has 0 amide bonds. The molecule has 0 spiro atoms. The van der Waals surface area contributed by atoms with Gasteiger partial charge in [-0.15, -0.1) is 0 Å². The molecule has 3 rings (SSSR count). The van der Waals surface area contributed by atoms with E-state index in [-0.39, 0.29) is 6.54 Å². The summed E-state index contributed by atoms with van der Waals surface area (Å²) < 4.78 is 3.04. The minimum Gasteiger partial charge on any atom is -0.267 e. The van der Waals surface area contributed by atoms with Crippen LogP contribution in [0, 0.1) is 0 Å². The summed E-state index contributed by atoms with van der Waals surface area (Å²) in [4.78, 5) is 36.4. The molecule has 0 unspecified atom stereocenters. The van der Waals surface area contributed by atoms with Gasteiger partial charge < -0.3 is 0 Å². The Balaban J connectivity index is 2.33. The number of benzene rings is 1. The van der Waals surface area contributed by atoms with Gasteiger partial charge in [0.15, 0.2) is 0 Å². The van der Waals surface area contributed by atoms with Crippen molar-refractivity contribution in [2.45, 2.75) is 13.5 Å². The molecule has 19 heavy (non-hydrogen) atoms. The SMILES string of the molecule is CC1=CCn2c(=O)n(-c3ccccc3)c(=O)n2C1=O. The summed E-state index contributed by atoms with van der Waals surface area (Å²) in [5, 5.41) is 0. The van der Waals surface area contributed by atoms with E-state index in [4.69, 9.17) is 0 Å². The molecule has 1 aromatic heterocycles. The molecule has 0 N–H and O–H groups in total. The molecule has 6 nitrogen and oxygen atoms in total. The van der Waals surface area contributed by atoms with Gasteiger partial charge in [-0.1, -0.05) is 24.3 Å². The first-order valence-electron chi connectivity index (χ1n) is 5.83. The minimum absolute atomic E-state index is 0.228. The summed E-state index contributed by atoms with van der Waals surface area (Å²) in [6, 6.07) is 8.56. The van der Waals surface area contributed by atoms with Gasteiger partial charge in [-0.05, 0) is 19.1 Å². The normalized spacial score (nSPS) is 14.2. The second-order valence-electron chi connectivity index (χ2n) is 4.32. The Kier molecular flexibility index (Phi) is 2.38. The van der Waals surface area contributed by atoms with Crippen LogP contribution in [0.1, 0.15) is 11.7 Å². The van der Waals surface area contributed by atoms with Crippen LogP contribution in [0.5, 0.6) is 0 Å². The topological polar surface area (TPSA) is 66.0 Å². The predicted octanol–water partition coefficient (Wildman–Crippen LogP) is 0.401. The van der Waals surface area contributed by atoms with Crippen LogP contribution in [-0.2, 0) is 6.54 Å². The number of allylic oxidation sites excluding steroid dienone is 2. The maximum atomic E-state index is 12.2. The molecule has 0 atom stereocenters. The first-order chi connectivity index (χ1) is 9.11. The van der Waals surface area contributed by atoms with E-state index in [1.807, 2.05) is 0 Å². The van der Waals surface area contributed by atoms with Gasteiger partial charge in [0.25, 0.3) is 5.91 Å². The van der Waals surface area contributed by atoms with Gasteiger partial charge in [0.2, 0.25) is 0 Å².